The van der Waals surface area contributed by atoms with Crippen molar-refractivity contribution in [3.8, 4) is 0 Å². The van der Waals surface area contributed by atoms with Crippen molar-refractivity contribution in [2.24, 2.45) is 0 Å². The number of hydrogen-bond donors (Lipinski definition) is 0. The van der Waals surface area contributed by atoms with Gasteiger partial charge in [-0.05, 0) is 0 Å². The van der Waals surface area contributed by atoms with E-state index in [0.717, 1.165) is 0 Å². The summed E-state index contributed by atoms with van der Waals surface area (Å²) >= 11 is 0. The second kappa shape index (κ2) is 3.64. The van der Waals surface area contributed by atoms with E-state index in [9.17, 15) is 61.5 Å². The van der Waals surface area contributed by atoms with Crippen LogP contribution in [0.3, 0.4) is 0 Å². The van der Waals surface area contributed by atoms with Crippen LogP contribution in [0.15, 0.2) is 0 Å². The van der Waals surface area contributed by atoms with Gasteiger partial charge in [0.25, 0.3) is 0 Å². The summed E-state index contributed by atoms with van der Waals surface area (Å²) in [6, 6.07) is 0. The van der Waals surface area contributed by atoms with Crippen molar-refractivity contribution in [2.75, 3.05) is 0 Å². The lowest BCUT2D eigenvalue weighted by molar-refractivity contribution is -0.532. The molecule has 1 nitrogen and oxygen atoms in total. The van der Waals surface area contributed by atoms with Crippen molar-refractivity contribution in [3.63, 3.8) is 0 Å². The lowest BCUT2D eigenvalue weighted by Crippen LogP contribution is -2.91. The monoisotopic (exact) mass is 378 g/mol. The molecule has 0 radical (unpaired) electrons. The van der Waals surface area contributed by atoms with Crippen LogP contribution in [0.25, 0.3) is 0 Å². The smallest absolute Gasteiger partial charge is 0.269 e. The summed E-state index contributed by atoms with van der Waals surface area (Å²) in [5.74, 6) is -42.6. The van der Waals surface area contributed by atoms with E-state index in [2.05, 4.69) is 0 Å². The number of halogens is 14. The van der Waals surface area contributed by atoms with Gasteiger partial charge in [0.05, 0.1) is 0 Å². The van der Waals surface area contributed by atoms with Crippen LogP contribution in [-0.4, -0.2) is 47.2 Å². The van der Waals surface area contributed by atoms with E-state index in [4.69, 9.17) is 0 Å². The van der Waals surface area contributed by atoms with E-state index in [0.29, 0.717) is 0 Å². The minimum Gasteiger partial charge on any atom is -0.269 e. The largest absolute Gasteiger partial charge is 0.428 e. The summed E-state index contributed by atoms with van der Waals surface area (Å²) in [6.45, 7) is 0. The Morgan fingerprint density at radius 2 is 0.739 bits per heavy atom. The van der Waals surface area contributed by atoms with Gasteiger partial charge in [-0.3, -0.25) is 4.74 Å². The van der Waals surface area contributed by atoms with Gasteiger partial charge in [-0.25, -0.2) is 8.78 Å². The molecule has 0 spiro atoms. The van der Waals surface area contributed by atoms with Gasteiger partial charge >= 0.3 is 47.2 Å². The highest BCUT2D eigenvalue weighted by molar-refractivity contribution is 5.36. The van der Waals surface area contributed by atoms with Crippen molar-refractivity contribution < 1.29 is 66.2 Å². The summed E-state index contributed by atoms with van der Waals surface area (Å²) in [5.41, 5.74) is -7.20. The molecule has 15 heteroatoms. The lowest BCUT2D eigenvalue weighted by atomic mass is 9.63. The van der Waals surface area contributed by atoms with Gasteiger partial charge < -0.3 is 0 Å². The Labute approximate surface area is 115 Å². The summed E-state index contributed by atoms with van der Waals surface area (Å²) in [6.07, 6.45) is -6.75. The van der Waals surface area contributed by atoms with Crippen LogP contribution in [0.4, 0.5) is 61.5 Å². The molecule has 1 unspecified atom stereocenters. The zero-order valence-corrected chi connectivity index (χ0v) is 9.70. The zero-order chi connectivity index (χ0) is 18.7. The molecule has 2 rings (SSSR count). The molecule has 1 heterocycles. The highest BCUT2D eigenvalue weighted by atomic mass is 19.4. The fourth-order valence-electron chi connectivity index (χ4n) is 2.14. The number of ether oxygens (including phenoxy) is 1. The molecule has 136 valence electrons. The average Bonchev–Trinajstić information content (AvgIpc) is 2.43. The Morgan fingerprint density at radius 1 is 0.391 bits per heavy atom. The normalized spacial score (nSPS) is 40.4. The minimum absolute atomic E-state index is 1.87. The second-order valence-corrected chi connectivity index (χ2v) is 4.74. The van der Waals surface area contributed by atoms with Gasteiger partial charge in [-0.15, -0.1) is 0 Å². The van der Waals surface area contributed by atoms with Gasteiger partial charge in [-0.1, -0.05) is 0 Å². The predicted molar refractivity (Wildman–Crippen MR) is 38.4 cm³/mol. The van der Waals surface area contributed by atoms with E-state index in [-0.39, 0.29) is 0 Å². The van der Waals surface area contributed by atoms with Crippen molar-refractivity contribution in [1.29, 1.82) is 0 Å². The molecule has 0 aromatic rings. The summed E-state index contributed by atoms with van der Waals surface area (Å²) in [7, 11) is 0. The van der Waals surface area contributed by atoms with Crippen LogP contribution in [0.1, 0.15) is 0 Å². The van der Waals surface area contributed by atoms with Crippen LogP contribution < -0.4 is 0 Å². The molecule has 23 heavy (non-hydrogen) atoms. The second-order valence-electron chi connectivity index (χ2n) is 4.74. The maximum absolute atomic E-state index is 13.6. The molecule has 1 aliphatic heterocycles. The maximum atomic E-state index is 13.6. The van der Waals surface area contributed by atoms with Gasteiger partial charge in [0, 0.05) is 0 Å². The first kappa shape index (κ1) is 18.3. The number of hydrogen-bond acceptors (Lipinski definition) is 1. The molecule has 1 saturated carbocycles. The lowest BCUT2D eigenvalue weighted by Gasteiger charge is -2.57. The maximum Gasteiger partial charge on any atom is 0.428 e. The van der Waals surface area contributed by atoms with Crippen molar-refractivity contribution in [2.45, 2.75) is 47.2 Å². The third kappa shape index (κ3) is 1.28. The molecule has 0 N–H and O–H groups in total. The number of alkyl halides is 14. The van der Waals surface area contributed by atoms with Gasteiger partial charge in [0.1, 0.15) is 0 Å². The fourth-order valence-corrected chi connectivity index (χ4v) is 2.14. The molecule has 1 aliphatic carbocycles. The highest BCUT2D eigenvalue weighted by Crippen LogP contribution is 2.78. The Balaban J connectivity index is 2.76. The van der Waals surface area contributed by atoms with E-state index in [1.807, 2.05) is 4.74 Å². The Bertz CT molecular complexity index is 533. The predicted octanol–water partition coefficient (Wildman–Crippen LogP) is 4.17. The Hall–Kier alpha value is -1.02. The standard InChI is InChI=1S/C8F14O/c9-1(2(10,11)4(14,15)3(1,12)13)7(20)5(16,17)6(18,19)8(21,22)23-7. The Kier molecular flexibility index (Phi) is 2.90. The molecule has 2 fully saturated rings. The summed E-state index contributed by atoms with van der Waals surface area (Å²) < 4.78 is 182. The molecule has 0 aromatic carbocycles. The molecule has 0 bridgehead atoms. The molecule has 1 saturated heterocycles. The molecule has 2 aliphatic rings. The molecular weight excluding hydrogens is 378 g/mol. The molecular formula is C8F14O. The number of rotatable bonds is 1. The van der Waals surface area contributed by atoms with Gasteiger partial charge in [0.2, 0.25) is 0 Å². The van der Waals surface area contributed by atoms with Crippen molar-refractivity contribution in [1.82, 2.24) is 0 Å². The van der Waals surface area contributed by atoms with Crippen LogP contribution in [0, 0.1) is 0 Å². The fraction of sp³-hybridized carbons (Fsp3) is 1.00. The molecule has 1 atom stereocenters. The van der Waals surface area contributed by atoms with E-state index in [1.54, 1.807) is 0 Å². The van der Waals surface area contributed by atoms with Crippen LogP contribution in [0.2, 0.25) is 0 Å². The van der Waals surface area contributed by atoms with E-state index >= 15 is 0 Å². The Morgan fingerprint density at radius 3 is 1.00 bits per heavy atom. The zero-order valence-electron chi connectivity index (χ0n) is 9.70. The van der Waals surface area contributed by atoms with Crippen LogP contribution >= 0.6 is 0 Å². The summed E-state index contributed by atoms with van der Waals surface area (Å²) in [5, 5.41) is 0. The van der Waals surface area contributed by atoms with Crippen LogP contribution in [-0.2, 0) is 4.74 Å². The quantitative estimate of drug-likeness (QED) is 0.623. The van der Waals surface area contributed by atoms with Gasteiger partial charge in [-0.2, -0.15) is 52.7 Å². The molecule has 0 aromatic heterocycles. The summed E-state index contributed by atoms with van der Waals surface area (Å²) in [4.78, 5) is 0. The SMILES string of the molecule is FC1(F)OC(F)(C2(F)C(F)(F)C(F)(F)C2(F)F)C(F)(F)C1(F)F. The topological polar surface area (TPSA) is 9.23 Å². The highest BCUT2D eigenvalue weighted by Gasteiger charge is 3.11. The first-order valence-electron chi connectivity index (χ1n) is 5.05. The van der Waals surface area contributed by atoms with Crippen molar-refractivity contribution in [3.05, 3.63) is 0 Å². The first-order valence-corrected chi connectivity index (χ1v) is 5.05. The minimum atomic E-state index is -7.35. The third-order valence-electron chi connectivity index (χ3n) is 3.53. The van der Waals surface area contributed by atoms with E-state index in [1.165, 1.54) is 0 Å². The molecule has 0 amide bonds. The van der Waals surface area contributed by atoms with Crippen LogP contribution in [0.5, 0.6) is 0 Å². The average molecular weight is 378 g/mol. The van der Waals surface area contributed by atoms with E-state index < -0.39 is 47.2 Å². The first-order chi connectivity index (χ1) is 9.71. The van der Waals surface area contributed by atoms with Gasteiger partial charge in [0.15, 0.2) is 0 Å². The third-order valence-corrected chi connectivity index (χ3v) is 3.53. The van der Waals surface area contributed by atoms with Crippen molar-refractivity contribution >= 4 is 0 Å².